The van der Waals surface area contributed by atoms with E-state index in [4.69, 9.17) is 5.73 Å². The van der Waals surface area contributed by atoms with Crippen molar-refractivity contribution in [2.75, 3.05) is 18.6 Å². The third kappa shape index (κ3) is 5.43. The van der Waals surface area contributed by atoms with Crippen LogP contribution in [0.15, 0.2) is 0 Å². The van der Waals surface area contributed by atoms with Crippen LogP contribution in [0.4, 0.5) is 0 Å². The molecule has 0 amide bonds. The molecule has 0 saturated heterocycles. The Kier molecular flexibility index (Phi) is 6.20. The molecule has 0 aromatic heterocycles. The van der Waals surface area contributed by atoms with Gasteiger partial charge >= 0.3 is 5.97 Å². The van der Waals surface area contributed by atoms with Crippen molar-refractivity contribution in [1.29, 1.82) is 0 Å². The van der Waals surface area contributed by atoms with Crippen LogP contribution in [0.1, 0.15) is 13.8 Å². The highest BCUT2D eigenvalue weighted by Gasteiger charge is 2.12. The van der Waals surface area contributed by atoms with E-state index in [1.54, 1.807) is 11.8 Å². The molecular weight excluding hydrogens is 174 g/mol. The average molecular weight is 191 g/mol. The van der Waals surface area contributed by atoms with E-state index in [1.165, 1.54) is 7.11 Å². The fourth-order valence-corrected chi connectivity index (χ4v) is 1.65. The standard InChI is InChI=1S/C8H17NO2S/c1-6(2)4-12-5-7(9)8(10)11-3/h6-7H,4-5,9H2,1-3H3. The lowest BCUT2D eigenvalue weighted by Crippen LogP contribution is -2.34. The second kappa shape index (κ2) is 6.31. The SMILES string of the molecule is COC(=O)C(N)CSCC(C)C. The quantitative estimate of drug-likeness (QED) is 0.655. The Hall–Kier alpha value is -0.220. The van der Waals surface area contributed by atoms with Gasteiger partial charge in [0.25, 0.3) is 0 Å². The lowest BCUT2D eigenvalue weighted by Gasteiger charge is -2.09. The van der Waals surface area contributed by atoms with E-state index < -0.39 is 6.04 Å². The van der Waals surface area contributed by atoms with Gasteiger partial charge in [-0.3, -0.25) is 4.79 Å². The van der Waals surface area contributed by atoms with Crippen LogP contribution in [0.25, 0.3) is 0 Å². The predicted octanol–water partition coefficient (Wildman–Crippen LogP) is 0.876. The van der Waals surface area contributed by atoms with Gasteiger partial charge in [-0.05, 0) is 11.7 Å². The summed E-state index contributed by atoms with van der Waals surface area (Å²) in [4.78, 5) is 10.8. The summed E-state index contributed by atoms with van der Waals surface area (Å²) >= 11 is 1.69. The third-order valence-corrected chi connectivity index (χ3v) is 2.75. The maximum Gasteiger partial charge on any atom is 0.323 e. The first-order valence-electron chi connectivity index (χ1n) is 3.99. The van der Waals surface area contributed by atoms with Crippen molar-refractivity contribution in [3.63, 3.8) is 0 Å². The number of ether oxygens (including phenoxy) is 1. The van der Waals surface area contributed by atoms with Crippen molar-refractivity contribution >= 4 is 17.7 Å². The van der Waals surface area contributed by atoms with Gasteiger partial charge in [0.2, 0.25) is 0 Å². The summed E-state index contributed by atoms with van der Waals surface area (Å²) in [6.45, 7) is 4.27. The zero-order chi connectivity index (χ0) is 9.56. The number of methoxy groups -OCH3 is 1. The number of thioether (sulfide) groups is 1. The van der Waals surface area contributed by atoms with Crippen LogP contribution in [0.5, 0.6) is 0 Å². The fourth-order valence-electron chi connectivity index (χ4n) is 0.650. The highest BCUT2D eigenvalue weighted by molar-refractivity contribution is 7.99. The predicted molar refractivity (Wildman–Crippen MR) is 52.2 cm³/mol. The van der Waals surface area contributed by atoms with Gasteiger partial charge in [0.15, 0.2) is 0 Å². The number of carbonyl (C=O) groups excluding carboxylic acids is 1. The van der Waals surface area contributed by atoms with Crippen LogP contribution in [0, 0.1) is 5.92 Å². The fraction of sp³-hybridized carbons (Fsp3) is 0.875. The largest absolute Gasteiger partial charge is 0.468 e. The second-order valence-corrected chi connectivity index (χ2v) is 4.14. The minimum absolute atomic E-state index is 0.328. The average Bonchev–Trinajstić information content (AvgIpc) is 2.02. The molecule has 0 saturated carbocycles. The molecule has 0 rings (SSSR count). The Morgan fingerprint density at radius 1 is 1.50 bits per heavy atom. The van der Waals surface area contributed by atoms with Crippen LogP contribution in [0.3, 0.4) is 0 Å². The van der Waals surface area contributed by atoms with E-state index in [9.17, 15) is 4.79 Å². The number of esters is 1. The van der Waals surface area contributed by atoms with Gasteiger partial charge in [-0.2, -0.15) is 11.8 Å². The zero-order valence-electron chi connectivity index (χ0n) is 7.87. The second-order valence-electron chi connectivity index (χ2n) is 3.06. The molecule has 1 unspecified atom stereocenters. The Morgan fingerprint density at radius 3 is 2.50 bits per heavy atom. The summed E-state index contributed by atoms with van der Waals surface area (Å²) in [7, 11) is 1.36. The van der Waals surface area contributed by atoms with Crippen LogP contribution in [-0.2, 0) is 9.53 Å². The van der Waals surface area contributed by atoms with E-state index in [0.717, 1.165) is 5.75 Å². The van der Waals surface area contributed by atoms with Gasteiger partial charge < -0.3 is 10.5 Å². The lowest BCUT2D eigenvalue weighted by molar-refractivity contribution is -0.141. The maximum absolute atomic E-state index is 10.8. The highest BCUT2D eigenvalue weighted by Crippen LogP contribution is 2.08. The first-order valence-corrected chi connectivity index (χ1v) is 5.14. The summed E-state index contributed by atoms with van der Waals surface area (Å²) in [6, 6.07) is -0.473. The summed E-state index contributed by atoms with van der Waals surface area (Å²) in [5.74, 6) is 1.99. The van der Waals surface area contributed by atoms with Gasteiger partial charge in [-0.25, -0.2) is 0 Å². The summed E-state index contributed by atoms with van der Waals surface area (Å²) < 4.78 is 4.49. The monoisotopic (exact) mass is 191 g/mol. The van der Waals surface area contributed by atoms with E-state index in [2.05, 4.69) is 18.6 Å². The Balaban J connectivity index is 3.43. The summed E-state index contributed by atoms with van der Waals surface area (Å²) in [5, 5.41) is 0. The zero-order valence-corrected chi connectivity index (χ0v) is 8.69. The minimum atomic E-state index is -0.473. The lowest BCUT2D eigenvalue weighted by atomic mass is 10.3. The van der Waals surface area contributed by atoms with Crippen molar-refractivity contribution in [3.8, 4) is 0 Å². The molecule has 0 fully saturated rings. The van der Waals surface area contributed by atoms with Gasteiger partial charge in [0.05, 0.1) is 7.11 Å². The topological polar surface area (TPSA) is 52.3 Å². The number of carbonyl (C=O) groups is 1. The molecule has 2 N–H and O–H groups in total. The Morgan fingerprint density at radius 2 is 2.08 bits per heavy atom. The molecule has 0 bridgehead atoms. The van der Waals surface area contributed by atoms with Crippen molar-refractivity contribution in [3.05, 3.63) is 0 Å². The molecule has 0 radical (unpaired) electrons. The molecular formula is C8H17NO2S. The number of nitrogens with two attached hydrogens (primary N) is 1. The highest BCUT2D eigenvalue weighted by atomic mass is 32.2. The van der Waals surface area contributed by atoms with Crippen molar-refractivity contribution in [2.24, 2.45) is 11.7 Å². The Bertz CT molecular complexity index is 139. The number of rotatable bonds is 5. The van der Waals surface area contributed by atoms with E-state index in [-0.39, 0.29) is 5.97 Å². The van der Waals surface area contributed by atoms with Gasteiger partial charge in [-0.15, -0.1) is 0 Å². The number of hydrogen-bond acceptors (Lipinski definition) is 4. The van der Waals surface area contributed by atoms with Crippen LogP contribution < -0.4 is 5.73 Å². The van der Waals surface area contributed by atoms with Crippen LogP contribution in [-0.4, -0.2) is 30.6 Å². The molecule has 0 aromatic rings. The molecule has 3 nitrogen and oxygen atoms in total. The molecule has 0 aliphatic rings. The van der Waals surface area contributed by atoms with Crippen molar-refractivity contribution in [1.82, 2.24) is 0 Å². The van der Waals surface area contributed by atoms with Crippen LogP contribution in [0.2, 0.25) is 0 Å². The molecule has 0 aromatic carbocycles. The molecule has 1 atom stereocenters. The molecule has 0 spiro atoms. The molecule has 4 heteroatoms. The normalized spacial score (nSPS) is 13.1. The van der Waals surface area contributed by atoms with E-state index in [0.29, 0.717) is 11.7 Å². The Labute approximate surface area is 78.0 Å². The van der Waals surface area contributed by atoms with Crippen LogP contribution >= 0.6 is 11.8 Å². The number of hydrogen-bond donors (Lipinski definition) is 1. The van der Waals surface area contributed by atoms with Gasteiger partial charge in [0, 0.05) is 5.75 Å². The van der Waals surface area contributed by atoms with Crippen molar-refractivity contribution < 1.29 is 9.53 Å². The third-order valence-electron chi connectivity index (χ3n) is 1.25. The van der Waals surface area contributed by atoms with Crippen molar-refractivity contribution in [2.45, 2.75) is 19.9 Å². The van der Waals surface area contributed by atoms with Gasteiger partial charge in [0.1, 0.15) is 6.04 Å². The molecule has 0 aliphatic heterocycles. The van der Waals surface area contributed by atoms with Gasteiger partial charge in [-0.1, -0.05) is 13.8 Å². The molecule has 72 valence electrons. The smallest absolute Gasteiger partial charge is 0.323 e. The first-order chi connectivity index (χ1) is 5.57. The molecule has 0 heterocycles. The minimum Gasteiger partial charge on any atom is -0.468 e. The van der Waals surface area contributed by atoms with E-state index in [1.807, 2.05) is 0 Å². The molecule has 12 heavy (non-hydrogen) atoms. The molecule has 0 aliphatic carbocycles. The maximum atomic E-state index is 10.8. The summed E-state index contributed by atoms with van der Waals surface area (Å²) in [5.41, 5.74) is 5.52. The first kappa shape index (κ1) is 11.8. The van der Waals surface area contributed by atoms with E-state index >= 15 is 0 Å². The summed E-state index contributed by atoms with van der Waals surface area (Å²) in [6.07, 6.45) is 0.